The standard InChI is InChI=1S/C42H43Cl2N5O6/c1-9-54-42(53)33-18-26-17-27(41(51)52)19-32(37(26)46(33)7)48-20-23(4)49-38-30(12-13-31(43)35(38)34-24(5)45-47(8)25(34)6)29(39(49)40(48)50)11-10-14-55-28-15-21(2)36(44)22(3)16-28/h12-13,15-19,23H,9-11,14,20H2,1-8H3,(H,51,52). The maximum atomic E-state index is 15.2. The lowest BCUT2D eigenvalue weighted by Gasteiger charge is -2.35. The van der Waals surface area contributed by atoms with Gasteiger partial charge in [-0.2, -0.15) is 5.10 Å². The van der Waals surface area contributed by atoms with Gasteiger partial charge < -0.3 is 28.6 Å². The summed E-state index contributed by atoms with van der Waals surface area (Å²) in [7, 11) is 3.62. The molecular weight excluding hydrogens is 741 g/mol. The summed E-state index contributed by atoms with van der Waals surface area (Å²) in [4.78, 5) is 42.3. The second kappa shape index (κ2) is 14.4. The number of ether oxygens (including phenoxy) is 2. The van der Waals surface area contributed by atoms with Crippen LogP contribution in [0.3, 0.4) is 0 Å². The molecule has 0 fully saturated rings. The van der Waals surface area contributed by atoms with Crippen LogP contribution in [0.5, 0.6) is 5.75 Å². The summed E-state index contributed by atoms with van der Waals surface area (Å²) in [6.45, 7) is 12.4. The molecule has 1 aliphatic heterocycles. The number of benzene rings is 3. The van der Waals surface area contributed by atoms with E-state index < -0.39 is 11.9 Å². The molecule has 1 unspecified atom stereocenters. The van der Waals surface area contributed by atoms with Crippen LogP contribution in [0.1, 0.15) is 85.7 Å². The molecule has 1 atom stereocenters. The molecule has 1 N–H and O–H groups in total. The van der Waals surface area contributed by atoms with Gasteiger partial charge in [-0.1, -0.05) is 29.3 Å². The first-order chi connectivity index (χ1) is 26.1. The summed E-state index contributed by atoms with van der Waals surface area (Å²) in [6.07, 6.45) is 1.10. The van der Waals surface area contributed by atoms with Crippen LogP contribution in [0, 0.1) is 27.7 Å². The fourth-order valence-corrected chi connectivity index (χ4v) is 8.50. The SMILES string of the molecule is CCOC(=O)c1cc2cc(C(=O)O)cc(N3CC(C)n4c(c(CCCOc5cc(C)c(Cl)c(C)c5)c5ccc(Cl)c(-c6c(C)nn(C)c6C)c54)C3=O)c2n1C. The molecule has 0 aliphatic carbocycles. The predicted molar refractivity (Wildman–Crippen MR) is 216 cm³/mol. The third-order valence-corrected chi connectivity index (χ3v) is 11.6. The van der Waals surface area contributed by atoms with Gasteiger partial charge in [-0.05, 0) is 107 Å². The highest BCUT2D eigenvalue weighted by Gasteiger charge is 2.38. The maximum absolute atomic E-state index is 15.2. The Morgan fingerprint density at radius 1 is 0.982 bits per heavy atom. The van der Waals surface area contributed by atoms with E-state index in [1.807, 2.05) is 70.6 Å². The lowest BCUT2D eigenvalue weighted by molar-refractivity contribution is 0.0515. The van der Waals surface area contributed by atoms with E-state index in [-0.39, 0.29) is 36.4 Å². The highest BCUT2D eigenvalue weighted by Crippen LogP contribution is 2.46. The maximum Gasteiger partial charge on any atom is 0.354 e. The third kappa shape index (κ3) is 6.33. The number of anilines is 1. The number of carbonyl (C=O) groups excluding carboxylic acids is 2. The zero-order valence-electron chi connectivity index (χ0n) is 32.1. The zero-order valence-corrected chi connectivity index (χ0v) is 33.6. The molecular formula is C42H43Cl2N5O6. The number of carboxylic acids is 1. The molecule has 7 rings (SSSR count). The van der Waals surface area contributed by atoms with E-state index >= 15 is 4.79 Å². The summed E-state index contributed by atoms with van der Waals surface area (Å²) < 4.78 is 17.1. The Labute approximate surface area is 328 Å². The molecule has 3 aromatic heterocycles. The number of fused-ring (bicyclic) bond motifs is 4. The Morgan fingerprint density at radius 2 is 1.69 bits per heavy atom. The van der Waals surface area contributed by atoms with Gasteiger partial charge in [0.15, 0.2) is 0 Å². The molecule has 0 bridgehead atoms. The van der Waals surface area contributed by atoms with E-state index in [4.69, 9.17) is 37.8 Å². The quantitative estimate of drug-likeness (QED) is 0.109. The fourth-order valence-electron chi connectivity index (χ4n) is 8.15. The molecule has 4 heterocycles. The first-order valence-electron chi connectivity index (χ1n) is 18.3. The summed E-state index contributed by atoms with van der Waals surface area (Å²) in [5.74, 6) is -1.26. The Kier molecular flexibility index (Phi) is 9.98. The largest absolute Gasteiger partial charge is 0.494 e. The van der Waals surface area contributed by atoms with Crippen LogP contribution >= 0.6 is 23.2 Å². The van der Waals surface area contributed by atoms with Crippen molar-refractivity contribution in [3.8, 4) is 16.9 Å². The number of aromatic nitrogens is 4. The normalized spacial score (nSPS) is 14.3. The van der Waals surface area contributed by atoms with Gasteiger partial charge in [0, 0.05) is 59.3 Å². The number of hydrogen-bond acceptors (Lipinski definition) is 6. The van der Waals surface area contributed by atoms with Gasteiger partial charge in [0.1, 0.15) is 17.1 Å². The molecule has 3 aromatic carbocycles. The first-order valence-corrected chi connectivity index (χ1v) is 19.0. The lowest BCUT2D eigenvalue weighted by atomic mass is 9.98. The average Bonchev–Trinajstić information content (AvgIpc) is 3.74. The third-order valence-electron chi connectivity index (χ3n) is 10.7. The molecule has 0 saturated carbocycles. The summed E-state index contributed by atoms with van der Waals surface area (Å²) in [6, 6.07) is 12.1. The second-order valence-corrected chi connectivity index (χ2v) is 15.1. The molecule has 1 aliphatic rings. The smallest absolute Gasteiger partial charge is 0.354 e. The molecule has 6 aromatic rings. The van der Waals surface area contributed by atoms with Crippen LogP contribution in [0.25, 0.3) is 32.9 Å². The second-order valence-electron chi connectivity index (χ2n) is 14.3. The molecule has 0 saturated heterocycles. The van der Waals surface area contributed by atoms with E-state index in [1.54, 1.807) is 29.5 Å². The molecule has 55 heavy (non-hydrogen) atoms. The number of hydrogen-bond donors (Lipinski definition) is 1. The first kappa shape index (κ1) is 38.0. The van der Waals surface area contributed by atoms with Crippen molar-refractivity contribution in [2.75, 3.05) is 24.7 Å². The number of nitrogens with zero attached hydrogens (tertiary/aromatic N) is 5. The summed E-state index contributed by atoms with van der Waals surface area (Å²) >= 11 is 13.5. The van der Waals surface area contributed by atoms with Crippen molar-refractivity contribution in [2.24, 2.45) is 14.1 Å². The fraction of sp³-hybridized carbons (Fsp3) is 0.333. The number of amides is 1. The Balaban J connectivity index is 1.41. The van der Waals surface area contributed by atoms with Crippen LogP contribution in [0.15, 0.2) is 42.5 Å². The monoisotopic (exact) mass is 783 g/mol. The van der Waals surface area contributed by atoms with Crippen LogP contribution in [-0.4, -0.2) is 61.6 Å². The topological polar surface area (TPSA) is 121 Å². The number of esters is 1. The minimum atomic E-state index is -1.15. The molecule has 0 radical (unpaired) electrons. The van der Waals surface area contributed by atoms with E-state index in [9.17, 15) is 14.7 Å². The molecule has 1 amide bonds. The van der Waals surface area contributed by atoms with Crippen molar-refractivity contribution in [3.63, 3.8) is 0 Å². The molecule has 0 spiro atoms. The van der Waals surface area contributed by atoms with Crippen LogP contribution < -0.4 is 9.64 Å². The number of carboxylic acid groups (broad SMARTS) is 1. The number of halogens is 2. The molecule has 13 heteroatoms. The van der Waals surface area contributed by atoms with E-state index in [0.29, 0.717) is 51.8 Å². The van der Waals surface area contributed by atoms with Crippen molar-refractivity contribution < 1.29 is 29.0 Å². The zero-order chi connectivity index (χ0) is 39.6. The van der Waals surface area contributed by atoms with Gasteiger partial charge in [0.2, 0.25) is 0 Å². The Bertz CT molecular complexity index is 2560. The van der Waals surface area contributed by atoms with Crippen molar-refractivity contribution in [1.29, 1.82) is 0 Å². The average molecular weight is 785 g/mol. The van der Waals surface area contributed by atoms with Crippen molar-refractivity contribution in [2.45, 2.75) is 60.4 Å². The predicted octanol–water partition coefficient (Wildman–Crippen LogP) is 9.18. The lowest BCUT2D eigenvalue weighted by Crippen LogP contribution is -2.43. The minimum Gasteiger partial charge on any atom is -0.494 e. The van der Waals surface area contributed by atoms with Gasteiger partial charge >= 0.3 is 11.9 Å². The number of carbonyl (C=O) groups is 3. The van der Waals surface area contributed by atoms with Gasteiger partial charge in [0.25, 0.3) is 5.91 Å². The van der Waals surface area contributed by atoms with Gasteiger partial charge in [0.05, 0.1) is 46.2 Å². The van der Waals surface area contributed by atoms with Crippen LogP contribution in [0.2, 0.25) is 10.0 Å². The van der Waals surface area contributed by atoms with Crippen molar-refractivity contribution in [1.82, 2.24) is 18.9 Å². The van der Waals surface area contributed by atoms with Crippen molar-refractivity contribution >= 4 is 68.5 Å². The number of aromatic carboxylic acids is 1. The summed E-state index contributed by atoms with van der Waals surface area (Å²) in [5, 5.41) is 17.5. The Hall–Kier alpha value is -5.26. The van der Waals surface area contributed by atoms with Gasteiger partial charge in [-0.3, -0.25) is 9.48 Å². The van der Waals surface area contributed by atoms with Crippen molar-refractivity contribution in [3.05, 3.63) is 97.5 Å². The van der Waals surface area contributed by atoms with Crippen LogP contribution in [-0.2, 0) is 25.3 Å². The van der Waals surface area contributed by atoms with Gasteiger partial charge in [-0.15, -0.1) is 0 Å². The highest BCUT2D eigenvalue weighted by atomic mass is 35.5. The Morgan fingerprint density at radius 3 is 2.33 bits per heavy atom. The highest BCUT2D eigenvalue weighted by molar-refractivity contribution is 6.35. The minimum absolute atomic E-state index is 0.00304. The van der Waals surface area contributed by atoms with E-state index in [0.717, 1.165) is 55.9 Å². The van der Waals surface area contributed by atoms with Gasteiger partial charge in [-0.25, -0.2) is 9.59 Å². The summed E-state index contributed by atoms with van der Waals surface area (Å²) in [5.41, 5.74) is 8.70. The van der Waals surface area contributed by atoms with E-state index in [1.165, 1.54) is 12.1 Å². The number of aryl methyl sites for hydroxylation is 6. The molecule has 11 nitrogen and oxygen atoms in total. The van der Waals surface area contributed by atoms with E-state index in [2.05, 4.69) is 4.57 Å². The van der Waals surface area contributed by atoms with Crippen LogP contribution in [0.4, 0.5) is 5.69 Å². The molecule has 286 valence electrons. The number of rotatable bonds is 10.